The summed E-state index contributed by atoms with van der Waals surface area (Å²) in [5.74, 6) is -0.281. The average molecular weight is 455 g/mol. The number of pyridine rings is 2. The van der Waals surface area contributed by atoms with Crippen LogP contribution in [0.3, 0.4) is 0 Å². The number of amidine groups is 1. The maximum absolute atomic E-state index is 14.7. The second-order valence-electron chi connectivity index (χ2n) is 6.94. The minimum atomic E-state index is -1.07. The van der Waals surface area contributed by atoms with Crippen LogP contribution in [0.15, 0.2) is 63.2 Å². The lowest BCUT2D eigenvalue weighted by Crippen LogP contribution is -2.31. The quantitative estimate of drug-likeness (QED) is 0.610. The van der Waals surface area contributed by atoms with Crippen molar-refractivity contribution in [3.63, 3.8) is 0 Å². The number of benzene rings is 1. The number of rotatable bonds is 4. The van der Waals surface area contributed by atoms with Crippen molar-refractivity contribution in [2.45, 2.75) is 32.4 Å². The largest absolute Gasteiger partial charge is 0.383 e. The SMILES string of the molecule is CCc1cc(C2(c3ccnc(Br)c3)N=C(N)c3c(F)cccc32)cn(CC)c1=O. The van der Waals surface area contributed by atoms with E-state index in [0.29, 0.717) is 34.3 Å². The molecule has 1 atom stereocenters. The number of aromatic nitrogens is 2. The van der Waals surface area contributed by atoms with Crippen LogP contribution in [0.25, 0.3) is 0 Å². The summed E-state index contributed by atoms with van der Waals surface area (Å²) in [4.78, 5) is 21.7. The zero-order valence-electron chi connectivity index (χ0n) is 16.1. The van der Waals surface area contributed by atoms with Crippen LogP contribution < -0.4 is 11.3 Å². The van der Waals surface area contributed by atoms with Crippen molar-refractivity contribution in [2.75, 3.05) is 0 Å². The Morgan fingerprint density at radius 2 is 2.00 bits per heavy atom. The van der Waals surface area contributed by atoms with Crippen molar-refractivity contribution in [3.8, 4) is 0 Å². The average Bonchev–Trinajstić information content (AvgIpc) is 3.03. The summed E-state index contributed by atoms with van der Waals surface area (Å²) in [7, 11) is 0. The van der Waals surface area contributed by atoms with E-state index in [1.54, 1.807) is 23.0 Å². The number of nitrogens with two attached hydrogens (primary N) is 1. The molecule has 0 saturated carbocycles. The molecule has 5 nitrogen and oxygen atoms in total. The summed E-state index contributed by atoms with van der Waals surface area (Å²) in [6.45, 7) is 4.38. The topological polar surface area (TPSA) is 73.3 Å². The van der Waals surface area contributed by atoms with E-state index < -0.39 is 11.4 Å². The van der Waals surface area contributed by atoms with Crippen molar-refractivity contribution in [1.29, 1.82) is 0 Å². The van der Waals surface area contributed by atoms with Crippen molar-refractivity contribution < 1.29 is 4.39 Å². The maximum Gasteiger partial charge on any atom is 0.253 e. The monoisotopic (exact) mass is 454 g/mol. The highest BCUT2D eigenvalue weighted by atomic mass is 79.9. The number of aryl methyl sites for hydroxylation is 2. The van der Waals surface area contributed by atoms with Crippen LogP contribution >= 0.6 is 15.9 Å². The van der Waals surface area contributed by atoms with Gasteiger partial charge in [0, 0.05) is 35.6 Å². The van der Waals surface area contributed by atoms with Gasteiger partial charge in [0.25, 0.3) is 5.56 Å². The number of nitrogens with zero attached hydrogens (tertiary/aromatic N) is 3. The molecule has 2 N–H and O–H groups in total. The van der Waals surface area contributed by atoms with E-state index in [0.717, 1.165) is 11.1 Å². The molecule has 0 saturated heterocycles. The van der Waals surface area contributed by atoms with Gasteiger partial charge in [0.05, 0.1) is 5.56 Å². The van der Waals surface area contributed by atoms with Gasteiger partial charge in [0.15, 0.2) is 0 Å². The summed E-state index contributed by atoms with van der Waals surface area (Å²) in [5, 5.41) is 0. The van der Waals surface area contributed by atoms with Gasteiger partial charge >= 0.3 is 0 Å². The Balaban J connectivity index is 2.15. The van der Waals surface area contributed by atoms with E-state index in [2.05, 4.69) is 20.9 Å². The molecule has 0 bridgehead atoms. The first-order valence-corrected chi connectivity index (χ1v) is 10.2. The standard InChI is InChI=1S/C22H20BrFN4O/c1-3-13-10-15(12-28(4-2)21(13)29)22(14-8-9-26-18(23)11-14)16-6-5-7-17(24)19(16)20(25)27-22/h5-12H,3-4H2,1-2H3,(H2,25,27). The summed E-state index contributed by atoms with van der Waals surface area (Å²) >= 11 is 3.42. The van der Waals surface area contributed by atoms with Crippen molar-refractivity contribution in [2.24, 2.45) is 10.7 Å². The zero-order valence-corrected chi connectivity index (χ0v) is 17.7. The number of fused-ring (bicyclic) bond motifs is 1. The summed E-state index contributed by atoms with van der Waals surface area (Å²) in [5.41, 5.74) is 8.30. The van der Waals surface area contributed by atoms with E-state index >= 15 is 0 Å². The molecule has 0 spiro atoms. The van der Waals surface area contributed by atoms with E-state index in [9.17, 15) is 9.18 Å². The fourth-order valence-electron chi connectivity index (χ4n) is 4.00. The fraction of sp³-hybridized carbons (Fsp3) is 0.227. The Kier molecular flexibility index (Phi) is 4.86. The molecule has 0 radical (unpaired) electrons. The second kappa shape index (κ2) is 7.22. The number of aliphatic imine (C=N–C) groups is 1. The Morgan fingerprint density at radius 1 is 1.21 bits per heavy atom. The molecule has 3 aromatic rings. The van der Waals surface area contributed by atoms with Gasteiger partial charge in [-0.15, -0.1) is 0 Å². The third kappa shape index (κ3) is 2.92. The molecule has 1 unspecified atom stereocenters. The molecule has 1 aliphatic rings. The highest BCUT2D eigenvalue weighted by Crippen LogP contribution is 2.46. The molecule has 3 heterocycles. The Hall–Kier alpha value is -2.80. The van der Waals surface area contributed by atoms with Gasteiger partial charge in [0.1, 0.15) is 21.8 Å². The fourth-order valence-corrected chi connectivity index (χ4v) is 4.37. The molecular weight excluding hydrogens is 435 g/mol. The molecule has 2 aromatic heterocycles. The molecule has 0 aliphatic carbocycles. The van der Waals surface area contributed by atoms with Crippen LogP contribution in [-0.4, -0.2) is 15.4 Å². The van der Waals surface area contributed by atoms with Crippen LogP contribution in [0.2, 0.25) is 0 Å². The lowest BCUT2D eigenvalue weighted by molar-refractivity contribution is 0.609. The van der Waals surface area contributed by atoms with E-state index in [1.807, 2.05) is 38.1 Å². The predicted molar refractivity (Wildman–Crippen MR) is 115 cm³/mol. The normalized spacial score (nSPS) is 17.9. The lowest BCUT2D eigenvalue weighted by atomic mass is 9.78. The second-order valence-corrected chi connectivity index (χ2v) is 7.75. The van der Waals surface area contributed by atoms with E-state index in [-0.39, 0.29) is 11.4 Å². The third-order valence-corrected chi connectivity index (χ3v) is 5.83. The zero-order chi connectivity index (χ0) is 20.8. The van der Waals surface area contributed by atoms with E-state index in [4.69, 9.17) is 10.7 Å². The molecule has 0 amide bonds. The molecule has 1 aliphatic heterocycles. The molecule has 29 heavy (non-hydrogen) atoms. The minimum absolute atomic E-state index is 0.0285. The minimum Gasteiger partial charge on any atom is -0.383 e. The summed E-state index contributed by atoms with van der Waals surface area (Å²) in [6.07, 6.45) is 4.05. The first-order valence-electron chi connectivity index (χ1n) is 9.42. The van der Waals surface area contributed by atoms with Gasteiger partial charge in [-0.3, -0.25) is 4.79 Å². The molecule has 4 rings (SSSR count). The highest BCUT2D eigenvalue weighted by molar-refractivity contribution is 9.10. The maximum atomic E-state index is 14.7. The van der Waals surface area contributed by atoms with Gasteiger partial charge in [-0.1, -0.05) is 19.1 Å². The third-order valence-electron chi connectivity index (χ3n) is 5.39. The highest BCUT2D eigenvalue weighted by Gasteiger charge is 2.44. The van der Waals surface area contributed by atoms with Crippen LogP contribution in [0.4, 0.5) is 4.39 Å². The number of hydrogen-bond acceptors (Lipinski definition) is 4. The molecule has 148 valence electrons. The molecular formula is C22H20BrFN4O. The summed E-state index contributed by atoms with van der Waals surface area (Å²) in [6, 6.07) is 10.4. The van der Waals surface area contributed by atoms with Crippen LogP contribution in [0.1, 0.15) is 41.7 Å². The van der Waals surface area contributed by atoms with Crippen LogP contribution in [0.5, 0.6) is 0 Å². The van der Waals surface area contributed by atoms with Crippen molar-refractivity contribution in [1.82, 2.24) is 9.55 Å². The van der Waals surface area contributed by atoms with E-state index in [1.165, 1.54) is 6.07 Å². The smallest absolute Gasteiger partial charge is 0.253 e. The van der Waals surface area contributed by atoms with Gasteiger partial charge in [-0.2, -0.15) is 0 Å². The molecule has 0 fully saturated rings. The van der Waals surface area contributed by atoms with Crippen molar-refractivity contribution in [3.05, 3.63) is 97.4 Å². The summed E-state index contributed by atoms with van der Waals surface area (Å²) < 4.78 is 17.0. The Morgan fingerprint density at radius 3 is 2.69 bits per heavy atom. The Bertz CT molecular complexity index is 1180. The van der Waals surface area contributed by atoms with Gasteiger partial charge < -0.3 is 10.3 Å². The Labute approximate surface area is 176 Å². The van der Waals surface area contributed by atoms with Gasteiger partial charge in [-0.25, -0.2) is 14.4 Å². The predicted octanol–water partition coefficient (Wildman–Crippen LogP) is 3.74. The van der Waals surface area contributed by atoms with Crippen LogP contribution in [-0.2, 0) is 18.5 Å². The first-order chi connectivity index (χ1) is 13.9. The molecule has 7 heteroatoms. The first kappa shape index (κ1) is 19.5. The number of hydrogen-bond donors (Lipinski definition) is 1. The van der Waals surface area contributed by atoms with Gasteiger partial charge in [0.2, 0.25) is 0 Å². The van der Waals surface area contributed by atoms with Gasteiger partial charge in [-0.05, 0) is 59.1 Å². The lowest BCUT2D eigenvalue weighted by Gasteiger charge is -2.30. The number of halogens is 2. The van der Waals surface area contributed by atoms with Crippen molar-refractivity contribution >= 4 is 21.8 Å². The molecule has 1 aromatic carbocycles. The van der Waals surface area contributed by atoms with Crippen LogP contribution in [0, 0.1) is 5.82 Å².